The van der Waals surface area contributed by atoms with E-state index in [2.05, 4.69) is 33.4 Å². The molecule has 0 aromatic heterocycles. The zero-order valence-electron chi connectivity index (χ0n) is 14.7. The predicted molar refractivity (Wildman–Crippen MR) is 112 cm³/mol. The van der Waals surface area contributed by atoms with E-state index in [1.54, 1.807) is 0 Å². The number of para-hydroxylation sites is 1. The first-order chi connectivity index (χ1) is 13.3. The molecule has 134 valence electrons. The van der Waals surface area contributed by atoms with Gasteiger partial charge in [0, 0.05) is 12.2 Å². The molecule has 4 rings (SSSR count). The third-order valence-electron chi connectivity index (χ3n) is 4.63. The average Bonchev–Trinajstić information content (AvgIpc) is 2.98. The number of nitrogens with one attached hydrogen (secondary N) is 1. The topological polar surface area (TPSA) is 32.3 Å². The van der Waals surface area contributed by atoms with Crippen molar-refractivity contribution < 1.29 is 4.79 Å². The van der Waals surface area contributed by atoms with Crippen molar-refractivity contribution in [3.8, 4) is 0 Å². The van der Waals surface area contributed by atoms with E-state index in [0.717, 1.165) is 21.3 Å². The van der Waals surface area contributed by atoms with Crippen LogP contribution in [0.1, 0.15) is 17.2 Å². The van der Waals surface area contributed by atoms with Crippen LogP contribution in [-0.2, 0) is 11.3 Å². The Morgan fingerprint density at radius 3 is 2.00 bits per heavy atom. The fraction of sp³-hybridized carbons (Fsp3) is 0.0870. The number of halogens is 1. The fourth-order valence-corrected chi connectivity index (χ4v) is 4.10. The molecular weight excluding hydrogens is 400 g/mol. The van der Waals surface area contributed by atoms with Gasteiger partial charge in [-0.1, -0.05) is 94.8 Å². The molecule has 0 saturated carbocycles. The Morgan fingerprint density at radius 1 is 0.815 bits per heavy atom. The molecule has 3 aromatic rings. The second-order valence-electron chi connectivity index (χ2n) is 6.39. The lowest BCUT2D eigenvalue weighted by molar-refractivity contribution is -0.115. The van der Waals surface area contributed by atoms with Crippen LogP contribution in [0.15, 0.2) is 101 Å². The van der Waals surface area contributed by atoms with Crippen LogP contribution in [0.4, 0.5) is 5.69 Å². The lowest BCUT2D eigenvalue weighted by atomic mass is 10.1. The van der Waals surface area contributed by atoms with Gasteiger partial charge in [0.1, 0.15) is 5.70 Å². The number of carbonyl (C=O) groups excluding carboxylic acids is 1. The molecule has 1 aliphatic rings. The summed E-state index contributed by atoms with van der Waals surface area (Å²) < 4.78 is 0.860. The second kappa shape index (κ2) is 7.80. The third kappa shape index (κ3) is 3.53. The van der Waals surface area contributed by atoms with Crippen molar-refractivity contribution in [2.75, 3.05) is 4.90 Å². The highest BCUT2D eigenvalue weighted by atomic mass is 79.9. The summed E-state index contributed by atoms with van der Waals surface area (Å²) in [5.41, 5.74) is 3.69. The first-order valence-electron chi connectivity index (χ1n) is 8.87. The van der Waals surface area contributed by atoms with Crippen LogP contribution in [0, 0.1) is 0 Å². The van der Waals surface area contributed by atoms with Crippen LogP contribution in [0.25, 0.3) is 0 Å². The molecular formula is C23H19BrN2O. The Balaban J connectivity index is 1.70. The van der Waals surface area contributed by atoms with Crippen LogP contribution >= 0.6 is 15.9 Å². The third-order valence-corrected chi connectivity index (χ3v) is 5.46. The Bertz CT molecular complexity index is 955. The summed E-state index contributed by atoms with van der Waals surface area (Å²) >= 11 is 3.71. The largest absolute Gasteiger partial charge is 0.376 e. The summed E-state index contributed by atoms with van der Waals surface area (Å²) in [6, 6.07) is 29.8. The van der Waals surface area contributed by atoms with Crippen molar-refractivity contribution in [3.05, 3.63) is 112 Å². The van der Waals surface area contributed by atoms with E-state index in [0.29, 0.717) is 12.2 Å². The Labute approximate surface area is 167 Å². The normalized spacial score (nSPS) is 16.7. The number of benzene rings is 3. The predicted octanol–water partition coefficient (Wildman–Crippen LogP) is 5.17. The maximum atomic E-state index is 13.3. The summed E-state index contributed by atoms with van der Waals surface area (Å²) in [7, 11) is 0. The van der Waals surface area contributed by atoms with Crippen LogP contribution in [0.2, 0.25) is 0 Å². The molecule has 27 heavy (non-hydrogen) atoms. The summed E-state index contributed by atoms with van der Waals surface area (Å²) in [5, 5.41) is 3.34. The average molecular weight is 419 g/mol. The fourth-order valence-electron chi connectivity index (χ4n) is 3.32. The first kappa shape index (κ1) is 17.6. The van der Waals surface area contributed by atoms with Gasteiger partial charge in [-0.05, 0) is 23.3 Å². The van der Waals surface area contributed by atoms with Gasteiger partial charge < -0.3 is 5.32 Å². The molecule has 0 aliphatic carbocycles. The van der Waals surface area contributed by atoms with Crippen LogP contribution in [0.5, 0.6) is 0 Å². The van der Waals surface area contributed by atoms with Crippen LogP contribution in [-0.4, -0.2) is 5.91 Å². The smallest absolute Gasteiger partial charge is 0.276 e. The molecule has 0 bridgehead atoms. The second-order valence-corrected chi connectivity index (χ2v) is 7.24. The van der Waals surface area contributed by atoms with E-state index in [1.807, 2.05) is 83.8 Å². The highest BCUT2D eigenvalue weighted by Crippen LogP contribution is 2.43. The van der Waals surface area contributed by atoms with Gasteiger partial charge in [0.25, 0.3) is 5.91 Å². The standard InChI is InChI=1S/C23H19BrN2O/c24-20-21(25-16-17-10-4-1-5-11-17)23(27)26(19-14-8-3-9-15-19)22(20)18-12-6-2-7-13-18/h1-15,22,25H,16H2. The molecule has 1 heterocycles. The van der Waals surface area contributed by atoms with Crippen molar-refractivity contribution in [3.63, 3.8) is 0 Å². The van der Waals surface area contributed by atoms with E-state index in [9.17, 15) is 4.79 Å². The highest BCUT2D eigenvalue weighted by molar-refractivity contribution is 9.11. The maximum Gasteiger partial charge on any atom is 0.276 e. The molecule has 4 heteroatoms. The molecule has 3 nitrogen and oxygen atoms in total. The van der Waals surface area contributed by atoms with Crippen molar-refractivity contribution in [1.29, 1.82) is 0 Å². The number of hydrogen-bond donors (Lipinski definition) is 1. The molecule has 1 amide bonds. The Kier molecular flexibility index (Phi) is 5.07. The minimum atomic E-state index is -0.181. The minimum Gasteiger partial charge on any atom is -0.376 e. The summed E-state index contributed by atoms with van der Waals surface area (Å²) in [6.45, 7) is 0.598. The van der Waals surface area contributed by atoms with Gasteiger partial charge in [-0.25, -0.2) is 0 Å². The van der Waals surface area contributed by atoms with Gasteiger partial charge in [-0.2, -0.15) is 0 Å². The van der Waals surface area contributed by atoms with Crippen LogP contribution < -0.4 is 10.2 Å². The van der Waals surface area contributed by atoms with Gasteiger partial charge in [-0.3, -0.25) is 9.69 Å². The SMILES string of the molecule is O=C1C(NCc2ccccc2)=C(Br)C(c2ccccc2)N1c1ccccc1. The quantitative estimate of drug-likeness (QED) is 0.619. The number of amides is 1. The molecule has 0 fully saturated rings. The van der Waals surface area contributed by atoms with Crippen LogP contribution in [0.3, 0.4) is 0 Å². The summed E-state index contributed by atoms with van der Waals surface area (Å²) in [6.07, 6.45) is 0. The molecule has 1 N–H and O–H groups in total. The van der Waals surface area contributed by atoms with Crippen molar-refractivity contribution in [1.82, 2.24) is 5.32 Å². The van der Waals surface area contributed by atoms with Crippen molar-refractivity contribution in [2.45, 2.75) is 12.6 Å². The van der Waals surface area contributed by atoms with Crippen molar-refractivity contribution >= 4 is 27.5 Å². The number of hydrogen-bond acceptors (Lipinski definition) is 2. The molecule has 0 radical (unpaired) electrons. The van der Waals surface area contributed by atoms with E-state index in [1.165, 1.54) is 0 Å². The number of anilines is 1. The monoisotopic (exact) mass is 418 g/mol. The minimum absolute atomic E-state index is 0.0298. The highest BCUT2D eigenvalue weighted by Gasteiger charge is 2.40. The summed E-state index contributed by atoms with van der Waals surface area (Å²) in [4.78, 5) is 15.1. The van der Waals surface area contributed by atoms with Crippen molar-refractivity contribution in [2.24, 2.45) is 0 Å². The van der Waals surface area contributed by atoms with E-state index in [-0.39, 0.29) is 11.9 Å². The van der Waals surface area contributed by atoms with E-state index in [4.69, 9.17) is 0 Å². The number of nitrogens with zero attached hydrogens (tertiary/aromatic N) is 1. The molecule has 1 aliphatic heterocycles. The van der Waals surface area contributed by atoms with Gasteiger partial charge in [-0.15, -0.1) is 0 Å². The molecule has 0 saturated heterocycles. The van der Waals surface area contributed by atoms with Gasteiger partial charge in [0.05, 0.1) is 10.5 Å². The maximum absolute atomic E-state index is 13.3. The molecule has 1 unspecified atom stereocenters. The zero-order chi connectivity index (χ0) is 18.6. The Hall–Kier alpha value is -2.85. The molecule has 0 spiro atoms. The van der Waals surface area contributed by atoms with Gasteiger partial charge >= 0.3 is 0 Å². The van der Waals surface area contributed by atoms with E-state index < -0.39 is 0 Å². The van der Waals surface area contributed by atoms with E-state index >= 15 is 0 Å². The lowest BCUT2D eigenvalue weighted by Crippen LogP contribution is -2.32. The molecule has 3 aromatic carbocycles. The Morgan fingerprint density at radius 2 is 1.37 bits per heavy atom. The summed E-state index contributed by atoms with van der Waals surface area (Å²) in [5.74, 6) is -0.0298. The molecule has 1 atom stereocenters. The first-order valence-corrected chi connectivity index (χ1v) is 9.66. The zero-order valence-corrected chi connectivity index (χ0v) is 16.3. The van der Waals surface area contributed by atoms with Gasteiger partial charge in [0.15, 0.2) is 0 Å². The number of carbonyl (C=O) groups is 1. The lowest BCUT2D eigenvalue weighted by Gasteiger charge is -2.26. The van der Waals surface area contributed by atoms with Gasteiger partial charge in [0.2, 0.25) is 0 Å². The number of rotatable bonds is 5.